The summed E-state index contributed by atoms with van der Waals surface area (Å²) < 4.78 is 12.8. The van der Waals surface area contributed by atoms with Gasteiger partial charge in [0.2, 0.25) is 0 Å². The average molecular weight is 208 g/mol. The Balaban J connectivity index is 2.80. The van der Waals surface area contributed by atoms with Crippen molar-refractivity contribution in [3.63, 3.8) is 0 Å². The first-order valence-corrected chi connectivity index (χ1v) is 4.80. The molecule has 1 aromatic carbocycles. The minimum Gasteiger partial charge on any atom is -0.300 e. The summed E-state index contributed by atoms with van der Waals surface area (Å²) in [5.41, 5.74) is 0.323. The lowest BCUT2D eigenvalue weighted by Gasteiger charge is -2.07. The van der Waals surface area contributed by atoms with Crippen molar-refractivity contribution < 1.29 is 14.0 Å². The van der Waals surface area contributed by atoms with Gasteiger partial charge in [-0.05, 0) is 19.1 Å². The van der Waals surface area contributed by atoms with E-state index in [2.05, 4.69) is 0 Å². The van der Waals surface area contributed by atoms with Crippen LogP contribution < -0.4 is 0 Å². The molecule has 0 aliphatic heterocycles. The molecule has 0 saturated heterocycles. The van der Waals surface area contributed by atoms with Crippen molar-refractivity contribution in [2.75, 3.05) is 0 Å². The molecular weight excluding hydrogens is 195 g/mol. The Kier molecular flexibility index (Phi) is 3.72. The molecule has 1 unspecified atom stereocenters. The highest BCUT2D eigenvalue weighted by Crippen LogP contribution is 2.13. The highest BCUT2D eigenvalue weighted by Gasteiger charge is 2.16. The van der Waals surface area contributed by atoms with E-state index in [1.165, 1.54) is 25.1 Å². The van der Waals surface area contributed by atoms with Crippen molar-refractivity contribution in [1.29, 1.82) is 0 Å². The lowest BCUT2D eigenvalue weighted by Crippen LogP contribution is -2.14. The molecule has 0 fully saturated rings. The Morgan fingerprint density at radius 1 is 1.40 bits per heavy atom. The van der Waals surface area contributed by atoms with Crippen molar-refractivity contribution in [2.45, 2.75) is 20.3 Å². The number of hydrogen-bond acceptors (Lipinski definition) is 2. The SMILES string of the molecule is CC(=O)CC(C)C(=O)c1cccc(F)c1. The third-order valence-electron chi connectivity index (χ3n) is 2.15. The van der Waals surface area contributed by atoms with E-state index < -0.39 is 5.82 Å². The van der Waals surface area contributed by atoms with Crippen LogP contribution in [0.4, 0.5) is 4.39 Å². The maximum atomic E-state index is 12.8. The van der Waals surface area contributed by atoms with Gasteiger partial charge in [-0.25, -0.2) is 4.39 Å². The molecule has 80 valence electrons. The van der Waals surface area contributed by atoms with Crippen molar-refractivity contribution in [1.82, 2.24) is 0 Å². The van der Waals surface area contributed by atoms with Gasteiger partial charge in [0.1, 0.15) is 11.6 Å². The number of halogens is 1. The van der Waals surface area contributed by atoms with Gasteiger partial charge < -0.3 is 4.79 Å². The summed E-state index contributed by atoms with van der Waals surface area (Å²) in [4.78, 5) is 22.5. The second kappa shape index (κ2) is 4.82. The van der Waals surface area contributed by atoms with Crippen molar-refractivity contribution in [3.8, 4) is 0 Å². The monoisotopic (exact) mass is 208 g/mol. The van der Waals surface area contributed by atoms with Crippen LogP contribution in [-0.2, 0) is 4.79 Å². The first-order chi connectivity index (χ1) is 7.00. The molecule has 0 saturated carbocycles. The van der Waals surface area contributed by atoms with Gasteiger partial charge in [0.25, 0.3) is 0 Å². The van der Waals surface area contributed by atoms with Crippen molar-refractivity contribution >= 4 is 11.6 Å². The average Bonchev–Trinajstić information content (AvgIpc) is 2.15. The fourth-order valence-corrected chi connectivity index (χ4v) is 1.45. The Morgan fingerprint density at radius 2 is 2.07 bits per heavy atom. The molecule has 0 radical (unpaired) electrons. The normalized spacial score (nSPS) is 12.2. The van der Waals surface area contributed by atoms with Crippen LogP contribution in [0.3, 0.4) is 0 Å². The zero-order valence-corrected chi connectivity index (χ0v) is 8.79. The predicted molar refractivity (Wildman–Crippen MR) is 55.2 cm³/mol. The number of ketones is 2. The van der Waals surface area contributed by atoms with Crippen LogP contribution in [0.5, 0.6) is 0 Å². The molecule has 3 heteroatoms. The summed E-state index contributed by atoms with van der Waals surface area (Å²) in [6.45, 7) is 3.12. The Morgan fingerprint density at radius 3 is 2.60 bits per heavy atom. The van der Waals surface area contributed by atoms with Gasteiger partial charge in [0.05, 0.1) is 0 Å². The molecule has 0 heterocycles. The topological polar surface area (TPSA) is 34.1 Å². The second-order valence-electron chi connectivity index (χ2n) is 3.68. The van der Waals surface area contributed by atoms with Crippen molar-refractivity contribution in [2.24, 2.45) is 5.92 Å². The lowest BCUT2D eigenvalue weighted by molar-refractivity contribution is -0.117. The molecule has 0 aromatic heterocycles. The molecular formula is C12H13FO2. The van der Waals surface area contributed by atoms with E-state index in [4.69, 9.17) is 0 Å². The molecule has 0 N–H and O–H groups in total. The number of carbonyl (C=O) groups is 2. The predicted octanol–water partition coefficient (Wildman–Crippen LogP) is 2.62. The van der Waals surface area contributed by atoms with Gasteiger partial charge in [-0.3, -0.25) is 4.79 Å². The van der Waals surface area contributed by atoms with Crippen LogP contribution in [0, 0.1) is 11.7 Å². The smallest absolute Gasteiger partial charge is 0.166 e. The molecule has 1 atom stereocenters. The standard InChI is InChI=1S/C12H13FO2/c1-8(6-9(2)14)12(15)10-4-3-5-11(13)7-10/h3-5,7-8H,6H2,1-2H3. The molecule has 0 aliphatic rings. The van der Waals surface area contributed by atoms with Gasteiger partial charge >= 0.3 is 0 Å². The van der Waals surface area contributed by atoms with Gasteiger partial charge in [0, 0.05) is 17.9 Å². The first kappa shape index (κ1) is 11.6. The van der Waals surface area contributed by atoms with Gasteiger partial charge in [-0.15, -0.1) is 0 Å². The van der Waals surface area contributed by atoms with E-state index in [1.807, 2.05) is 0 Å². The molecule has 1 rings (SSSR count). The van der Waals surface area contributed by atoms with Crippen LogP contribution >= 0.6 is 0 Å². The number of Topliss-reactive ketones (excluding diaryl/α,β-unsaturated/α-hetero) is 2. The number of benzene rings is 1. The van der Waals surface area contributed by atoms with Crippen LogP contribution in [0.2, 0.25) is 0 Å². The lowest BCUT2D eigenvalue weighted by atomic mass is 9.95. The molecule has 0 amide bonds. The Labute approximate surface area is 88.1 Å². The van der Waals surface area contributed by atoms with Gasteiger partial charge in [0.15, 0.2) is 5.78 Å². The van der Waals surface area contributed by atoms with Crippen LogP contribution in [0.1, 0.15) is 30.6 Å². The van der Waals surface area contributed by atoms with E-state index in [-0.39, 0.29) is 23.9 Å². The highest BCUT2D eigenvalue weighted by molar-refractivity contribution is 5.99. The third-order valence-corrected chi connectivity index (χ3v) is 2.15. The Hall–Kier alpha value is -1.51. The maximum absolute atomic E-state index is 12.8. The molecule has 1 aromatic rings. The second-order valence-corrected chi connectivity index (χ2v) is 3.68. The van der Waals surface area contributed by atoms with Crippen LogP contribution in [0.15, 0.2) is 24.3 Å². The van der Waals surface area contributed by atoms with Crippen LogP contribution in [-0.4, -0.2) is 11.6 Å². The van der Waals surface area contributed by atoms with Crippen molar-refractivity contribution in [3.05, 3.63) is 35.6 Å². The highest BCUT2D eigenvalue weighted by atomic mass is 19.1. The van der Waals surface area contributed by atoms with Crippen LogP contribution in [0.25, 0.3) is 0 Å². The number of carbonyl (C=O) groups excluding carboxylic acids is 2. The summed E-state index contributed by atoms with van der Waals surface area (Å²) in [6, 6.07) is 5.52. The van der Waals surface area contributed by atoms with E-state index in [0.29, 0.717) is 5.56 Å². The minimum atomic E-state index is -0.434. The number of rotatable bonds is 4. The maximum Gasteiger partial charge on any atom is 0.166 e. The minimum absolute atomic E-state index is 0.0350. The zero-order chi connectivity index (χ0) is 11.4. The first-order valence-electron chi connectivity index (χ1n) is 4.80. The number of hydrogen-bond donors (Lipinski definition) is 0. The van der Waals surface area contributed by atoms with E-state index >= 15 is 0 Å². The Bertz CT molecular complexity index is 385. The van der Waals surface area contributed by atoms with E-state index in [0.717, 1.165) is 0 Å². The summed E-state index contributed by atoms with van der Waals surface area (Å²) in [6.07, 6.45) is 0.204. The van der Waals surface area contributed by atoms with E-state index in [1.54, 1.807) is 13.0 Å². The molecule has 0 bridgehead atoms. The van der Waals surface area contributed by atoms with Gasteiger partial charge in [-0.1, -0.05) is 19.1 Å². The summed E-state index contributed by atoms with van der Waals surface area (Å²) in [5, 5.41) is 0. The molecule has 2 nitrogen and oxygen atoms in total. The fourth-order valence-electron chi connectivity index (χ4n) is 1.45. The zero-order valence-electron chi connectivity index (χ0n) is 8.79. The van der Waals surface area contributed by atoms with E-state index in [9.17, 15) is 14.0 Å². The molecule has 0 aliphatic carbocycles. The van der Waals surface area contributed by atoms with Gasteiger partial charge in [-0.2, -0.15) is 0 Å². The summed E-state index contributed by atoms with van der Waals surface area (Å²) >= 11 is 0. The molecule has 0 spiro atoms. The fraction of sp³-hybridized carbons (Fsp3) is 0.333. The molecule has 15 heavy (non-hydrogen) atoms. The summed E-state index contributed by atoms with van der Waals surface area (Å²) in [7, 11) is 0. The quantitative estimate of drug-likeness (QED) is 0.713. The third kappa shape index (κ3) is 3.27. The largest absolute Gasteiger partial charge is 0.300 e. The summed E-state index contributed by atoms with van der Waals surface area (Å²) in [5.74, 6) is -1.04.